The molecule has 5 heteroatoms. The quantitative estimate of drug-likeness (QED) is 0.688. The van der Waals surface area contributed by atoms with Gasteiger partial charge in [0.1, 0.15) is 0 Å². The van der Waals surface area contributed by atoms with E-state index in [0.29, 0.717) is 11.8 Å². The average Bonchev–Trinajstić information content (AvgIpc) is 2.67. The summed E-state index contributed by atoms with van der Waals surface area (Å²) in [6.07, 6.45) is 3.81. The lowest BCUT2D eigenvalue weighted by Crippen LogP contribution is -2.43. The molecular weight excluding hydrogens is 188 g/mol. The van der Waals surface area contributed by atoms with Crippen molar-refractivity contribution >= 4 is 16.8 Å². The molecule has 13 heavy (non-hydrogen) atoms. The molecule has 0 aromatic heterocycles. The molecule has 0 heterocycles. The third kappa shape index (κ3) is 4.87. The third-order valence-electron chi connectivity index (χ3n) is 1.77. The van der Waals surface area contributed by atoms with Gasteiger partial charge in [0.2, 0.25) is 0 Å². The predicted molar refractivity (Wildman–Crippen MR) is 53.1 cm³/mol. The summed E-state index contributed by atoms with van der Waals surface area (Å²) in [6, 6.07) is 0.212. The van der Waals surface area contributed by atoms with Crippen LogP contribution < -0.4 is 10.6 Å². The van der Waals surface area contributed by atoms with Crippen LogP contribution in [0.2, 0.25) is 0 Å². The summed E-state index contributed by atoms with van der Waals surface area (Å²) in [5.41, 5.74) is 0. The topological polar surface area (TPSA) is 58.2 Å². The van der Waals surface area contributed by atoms with E-state index in [1.165, 1.54) is 0 Å². The minimum absolute atomic E-state index is 0.0235. The number of carbonyl (C=O) groups is 1. The Morgan fingerprint density at radius 1 is 1.62 bits per heavy atom. The summed E-state index contributed by atoms with van der Waals surface area (Å²) in [6.45, 7) is 1.86. The SMILES string of the molecule is CC(CS(C)=O)NC(=O)NC1CC1. The van der Waals surface area contributed by atoms with Gasteiger partial charge in [0.05, 0.1) is 0 Å². The van der Waals surface area contributed by atoms with E-state index in [1.807, 2.05) is 6.92 Å². The van der Waals surface area contributed by atoms with Gasteiger partial charge >= 0.3 is 6.03 Å². The fraction of sp³-hybridized carbons (Fsp3) is 0.875. The Morgan fingerprint density at radius 3 is 2.69 bits per heavy atom. The molecule has 4 nitrogen and oxygen atoms in total. The van der Waals surface area contributed by atoms with Crippen LogP contribution in [0.5, 0.6) is 0 Å². The summed E-state index contributed by atoms with van der Waals surface area (Å²) in [5.74, 6) is 0.512. The molecule has 0 aromatic rings. The summed E-state index contributed by atoms with van der Waals surface area (Å²) in [7, 11) is -0.852. The van der Waals surface area contributed by atoms with Crippen LogP contribution in [-0.4, -0.2) is 34.3 Å². The second kappa shape index (κ2) is 4.60. The molecular formula is C8H16N2O2S. The van der Waals surface area contributed by atoms with E-state index in [9.17, 15) is 9.00 Å². The molecule has 1 fully saturated rings. The van der Waals surface area contributed by atoms with E-state index < -0.39 is 10.8 Å². The maximum Gasteiger partial charge on any atom is 0.315 e. The molecule has 0 saturated heterocycles. The van der Waals surface area contributed by atoms with Crippen molar-refractivity contribution < 1.29 is 9.00 Å². The first-order valence-electron chi connectivity index (χ1n) is 4.45. The van der Waals surface area contributed by atoms with Crippen LogP contribution in [0.25, 0.3) is 0 Å². The lowest BCUT2D eigenvalue weighted by atomic mass is 10.4. The summed E-state index contributed by atoms with van der Waals surface area (Å²) >= 11 is 0. The van der Waals surface area contributed by atoms with Gasteiger partial charge in [-0.05, 0) is 19.8 Å². The minimum atomic E-state index is -0.852. The first-order chi connectivity index (χ1) is 6.08. The molecule has 0 aliphatic heterocycles. The second-order valence-corrected chi connectivity index (χ2v) is 5.01. The first kappa shape index (κ1) is 10.5. The van der Waals surface area contributed by atoms with E-state index in [0.717, 1.165) is 12.8 Å². The van der Waals surface area contributed by atoms with Gasteiger partial charge < -0.3 is 10.6 Å². The maximum atomic E-state index is 11.2. The average molecular weight is 204 g/mol. The Hall–Kier alpha value is -0.580. The Morgan fingerprint density at radius 2 is 2.23 bits per heavy atom. The molecule has 0 spiro atoms. The highest BCUT2D eigenvalue weighted by Gasteiger charge is 2.23. The fourth-order valence-electron chi connectivity index (χ4n) is 1.07. The van der Waals surface area contributed by atoms with Gasteiger partial charge in [0, 0.05) is 34.9 Å². The largest absolute Gasteiger partial charge is 0.335 e. The molecule has 1 aliphatic rings. The molecule has 2 unspecified atom stereocenters. The Balaban J connectivity index is 2.13. The number of nitrogens with one attached hydrogen (secondary N) is 2. The lowest BCUT2D eigenvalue weighted by Gasteiger charge is -2.12. The van der Waals surface area contributed by atoms with E-state index in [1.54, 1.807) is 6.26 Å². The Bertz CT molecular complexity index is 216. The predicted octanol–water partition coefficient (Wildman–Crippen LogP) is 0.215. The number of urea groups is 1. The smallest absolute Gasteiger partial charge is 0.315 e. The van der Waals surface area contributed by atoms with Gasteiger partial charge in [-0.3, -0.25) is 4.21 Å². The van der Waals surface area contributed by atoms with E-state index in [-0.39, 0.29) is 12.1 Å². The highest BCUT2D eigenvalue weighted by Crippen LogP contribution is 2.18. The van der Waals surface area contributed by atoms with Crippen LogP contribution in [0.1, 0.15) is 19.8 Å². The van der Waals surface area contributed by atoms with Crippen molar-refractivity contribution in [2.24, 2.45) is 0 Å². The van der Waals surface area contributed by atoms with E-state index >= 15 is 0 Å². The van der Waals surface area contributed by atoms with Gasteiger partial charge in [-0.25, -0.2) is 4.79 Å². The Kier molecular flexibility index (Phi) is 3.71. The molecule has 1 saturated carbocycles. The van der Waals surface area contributed by atoms with Crippen molar-refractivity contribution in [3.05, 3.63) is 0 Å². The molecule has 0 radical (unpaired) electrons. The number of rotatable bonds is 4. The highest BCUT2D eigenvalue weighted by atomic mass is 32.2. The van der Waals surface area contributed by atoms with Crippen molar-refractivity contribution in [2.45, 2.75) is 31.8 Å². The zero-order valence-corrected chi connectivity index (χ0v) is 8.82. The van der Waals surface area contributed by atoms with Gasteiger partial charge in [0.25, 0.3) is 0 Å². The van der Waals surface area contributed by atoms with Gasteiger partial charge in [0.15, 0.2) is 0 Å². The molecule has 76 valence electrons. The highest BCUT2D eigenvalue weighted by molar-refractivity contribution is 7.84. The molecule has 0 bridgehead atoms. The molecule has 1 aliphatic carbocycles. The molecule has 0 aromatic carbocycles. The third-order valence-corrected chi connectivity index (χ3v) is 2.74. The summed E-state index contributed by atoms with van der Waals surface area (Å²) < 4.78 is 10.8. The first-order valence-corrected chi connectivity index (χ1v) is 6.17. The zero-order chi connectivity index (χ0) is 9.84. The van der Waals surface area contributed by atoms with Crippen LogP contribution in [0, 0.1) is 0 Å². The normalized spacial score (nSPS) is 20.5. The van der Waals surface area contributed by atoms with Gasteiger partial charge in [-0.1, -0.05) is 0 Å². The van der Waals surface area contributed by atoms with Crippen molar-refractivity contribution in [1.29, 1.82) is 0 Å². The van der Waals surface area contributed by atoms with E-state index in [2.05, 4.69) is 10.6 Å². The van der Waals surface area contributed by atoms with Crippen molar-refractivity contribution in [2.75, 3.05) is 12.0 Å². The molecule has 2 N–H and O–H groups in total. The maximum absolute atomic E-state index is 11.2. The van der Waals surface area contributed by atoms with Crippen molar-refractivity contribution in [3.8, 4) is 0 Å². The minimum Gasteiger partial charge on any atom is -0.335 e. The summed E-state index contributed by atoms with van der Waals surface area (Å²) in [5, 5.41) is 5.55. The standard InChI is InChI=1S/C8H16N2O2S/c1-6(5-13(2)12)9-8(11)10-7-3-4-7/h6-7H,3-5H2,1-2H3,(H2,9,10,11). The van der Waals surface area contributed by atoms with Crippen LogP contribution >= 0.6 is 0 Å². The Labute approximate surface area is 80.9 Å². The fourth-order valence-corrected chi connectivity index (χ4v) is 1.86. The van der Waals surface area contributed by atoms with Crippen LogP contribution in [0.15, 0.2) is 0 Å². The molecule has 2 atom stereocenters. The molecule has 1 rings (SSSR count). The van der Waals surface area contributed by atoms with Crippen LogP contribution in [0.4, 0.5) is 4.79 Å². The number of hydrogen-bond donors (Lipinski definition) is 2. The second-order valence-electron chi connectivity index (χ2n) is 3.53. The van der Waals surface area contributed by atoms with Gasteiger partial charge in [-0.15, -0.1) is 0 Å². The van der Waals surface area contributed by atoms with Crippen LogP contribution in [-0.2, 0) is 10.8 Å². The monoisotopic (exact) mass is 204 g/mol. The van der Waals surface area contributed by atoms with Crippen molar-refractivity contribution in [1.82, 2.24) is 10.6 Å². The summed E-state index contributed by atoms with van der Waals surface area (Å²) in [4.78, 5) is 11.2. The number of carbonyl (C=O) groups excluding carboxylic acids is 1. The lowest BCUT2D eigenvalue weighted by molar-refractivity contribution is 0.238. The van der Waals surface area contributed by atoms with Crippen LogP contribution in [0.3, 0.4) is 0 Å². The molecule has 2 amide bonds. The number of hydrogen-bond acceptors (Lipinski definition) is 2. The van der Waals surface area contributed by atoms with Gasteiger partial charge in [-0.2, -0.15) is 0 Å². The van der Waals surface area contributed by atoms with E-state index in [4.69, 9.17) is 0 Å². The zero-order valence-electron chi connectivity index (χ0n) is 8.00. The number of amides is 2. The van der Waals surface area contributed by atoms with Crippen molar-refractivity contribution in [3.63, 3.8) is 0 Å².